The van der Waals surface area contributed by atoms with Crippen molar-refractivity contribution in [1.29, 1.82) is 0 Å². The van der Waals surface area contributed by atoms with Crippen LogP contribution in [0.1, 0.15) is 192 Å². The Labute approximate surface area is 430 Å². The Morgan fingerprint density at radius 2 is 0.541 bits per heavy atom. The predicted octanol–water partition coefficient (Wildman–Crippen LogP) is 11.7. The minimum absolute atomic E-state index is 0.102. The first kappa shape index (κ1) is 47.4. The van der Waals surface area contributed by atoms with Gasteiger partial charge in [0.15, 0.2) is 23.1 Å². The normalized spacial score (nSPS) is 18.4. The molecule has 0 unspecified atom stereocenters. The van der Waals surface area contributed by atoms with Gasteiger partial charge in [0.25, 0.3) is 0 Å². The number of hydrogen-bond donors (Lipinski definition) is 6. The minimum atomic E-state index is -0.393. The lowest BCUT2D eigenvalue weighted by molar-refractivity contribution is 0.0978. The summed E-state index contributed by atoms with van der Waals surface area (Å²) in [5.41, 5.74) is 2.73. The first-order valence-electron chi connectivity index (χ1n) is 27.1. The zero-order chi connectivity index (χ0) is 50.1. The smallest absolute Gasteiger partial charge is 0.233 e. The molecule has 6 aromatic rings. The minimum Gasteiger partial charge on any atom is -0.351 e. The van der Waals surface area contributed by atoms with Gasteiger partial charge in [-0.15, -0.1) is 0 Å². The van der Waals surface area contributed by atoms with Crippen LogP contribution in [0.5, 0.6) is 0 Å². The van der Waals surface area contributed by atoms with E-state index in [0.29, 0.717) is 46.3 Å². The number of anilines is 8. The Morgan fingerprint density at radius 3 is 0.824 bits per heavy atom. The van der Waals surface area contributed by atoms with Crippen LogP contribution in [0.2, 0.25) is 0 Å². The van der Waals surface area contributed by atoms with E-state index in [1.165, 1.54) is 25.7 Å². The molecule has 2 aromatic heterocycles. The molecule has 0 radical (unpaired) electrons. The van der Waals surface area contributed by atoms with E-state index in [9.17, 15) is 0 Å². The van der Waals surface area contributed by atoms with Crippen LogP contribution in [0.25, 0.3) is 11.1 Å². The molecule has 0 saturated heterocycles. The average molecular weight is 991 g/mol. The molecular formula is C58H62N12O4. The molecule has 16 nitrogen and oxygen atoms in total. The van der Waals surface area contributed by atoms with E-state index in [2.05, 4.69) is 31.9 Å². The zero-order valence-electron chi connectivity index (χ0n) is 41.7. The summed E-state index contributed by atoms with van der Waals surface area (Å²) in [6.45, 7) is 0. The molecule has 6 aliphatic carbocycles. The quantitative estimate of drug-likeness (QED) is 0.0633. The largest absolute Gasteiger partial charge is 0.351 e. The second kappa shape index (κ2) is 20.7. The van der Waals surface area contributed by atoms with E-state index in [1.807, 2.05) is 0 Å². The molecule has 0 aliphatic heterocycles. The summed E-state index contributed by atoms with van der Waals surface area (Å²) in [7, 11) is 0. The van der Waals surface area contributed by atoms with Crippen LogP contribution in [-0.4, -0.2) is 77.2 Å². The average Bonchev–Trinajstić information content (AvgIpc) is 3.42. The summed E-state index contributed by atoms with van der Waals surface area (Å²) >= 11 is 0. The standard InChI is InChI=1S/C58H62N12O4/c71-49-39-25-13-15-27-41(39)51(73)47-43(63-57-67-53(59-33-17-5-1-6-18-33)65-54(68-57)60-34-19-7-2-8-20-34)31-29-37(45(47)49)38-30-32-44(48-46(38)50(72)40-26-14-16-28-42(40)52(48)74)64-58-69-55(61-35-21-9-3-10-22-35)66-56(70-58)62-36-23-11-4-12-24-36/h13-16,25-36H,1-12,17-24H2,(H3,59,60,63,65,67,68)(H3,61,62,64,66,69,70). The number of benzene rings is 4. The molecule has 2 heterocycles. The molecule has 12 rings (SSSR count). The number of carbonyl (C=O) groups is 4. The van der Waals surface area contributed by atoms with E-state index in [-0.39, 0.29) is 92.1 Å². The molecule has 16 heteroatoms. The van der Waals surface area contributed by atoms with Gasteiger partial charge >= 0.3 is 0 Å². The van der Waals surface area contributed by atoms with Crippen molar-refractivity contribution in [2.24, 2.45) is 0 Å². The lowest BCUT2D eigenvalue weighted by Crippen LogP contribution is -2.27. The molecular weight excluding hydrogens is 929 g/mol. The highest BCUT2D eigenvalue weighted by molar-refractivity contribution is 6.35. The molecule has 4 aromatic carbocycles. The van der Waals surface area contributed by atoms with Crippen LogP contribution in [-0.2, 0) is 0 Å². The number of aromatic nitrogens is 6. The number of ketones is 4. The number of hydrogen-bond acceptors (Lipinski definition) is 16. The van der Waals surface area contributed by atoms with Crippen molar-refractivity contribution in [3.63, 3.8) is 0 Å². The molecule has 0 amide bonds. The summed E-state index contributed by atoms with van der Waals surface area (Å²) in [6, 6.07) is 21.4. The number of rotatable bonds is 13. The van der Waals surface area contributed by atoms with Gasteiger partial charge in [-0.05, 0) is 74.6 Å². The molecule has 6 aliphatic rings. The Morgan fingerprint density at radius 1 is 0.284 bits per heavy atom. The van der Waals surface area contributed by atoms with E-state index in [1.54, 1.807) is 72.8 Å². The van der Waals surface area contributed by atoms with Gasteiger partial charge in [0.2, 0.25) is 35.7 Å². The fourth-order valence-corrected chi connectivity index (χ4v) is 12.2. The molecule has 6 N–H and O–H groups in total. The third-order valence-electron chi connectivity index (χ3n) is 16.0. The van der Waals surface area contributed by atoms with Crippen LogP contribution >= 0.6 is 0 Å². The lowest BCUT2D eigenvalue weighted by atomic mass is 9.75. The summed E-state index contributed by atoms with van der Waals surface area (Å²) in [6.07, 6.45) is 21.9. The maximum absolute atomic E-state index is 15.1. The van der Waals surface area contributed by atoms with Crippen molar-refractivity contribution in [2.45, 2.75) is 153 Å². The highest BCUT2D eigenvalue weighted by Crippen LogP contribution is 2.45. The van der Waals surface area contributed by atoms with Crippen molar-refractivity contribution in [3.05, 3.63) is 117 Å². The van der Waals surface area contributed by atoms with E-state index in [0.717, 1.165) is 103 Å². The second-order valence-electron chi connectivity index (χ2n) is 21.0. The molecule has 0 atom stereocenters. The number of nitrogens with one attached hydrogen (secondary N) is 6. The van der Waals surface area contributed by atoms with Gasteiger partial charge < -0.3 is 31.9 Å². The Bertz CT molecular complexity index is 2880. The molecule has 4 fully saturated rings. The molecule has 0 spiro atoms. The third kappa shape index (κ3) is 9.57. The molecule has 74 heavy (non-hydrogen) atoms. The van der Waals surface area contributed by atoms with Crippen molar-refractivity contribution in [1.82, 2.24) is 29.9 Å². The maximum atomic E-state index is 15.1. The van der Waals surface area contributed by atoms with Crippen LogP contribution in [0.15, 0.2) is 72.8 Å². The summed E-state index contributed by atoms with van der Waals surface area (Å²) in [5.74, 6) is 0.611. The van der Waals surface area contributed by atoms with Crippen molar-refractivity contribution in [2.75, 3.05) is 31.9 Å². The fourth-order valence-electron chi connectivity index (χ4n) is 12.2. The van der Waals surface area contributed by atoms with Gasteiger partial charge in [-0.25, -0.2) is 0 Å². The van der Waals surface area contributed by atoms with Crippen LogP contribution in [0.4, 0.5) is 47.1 Å². The van der Waals surface area contributed by atoms with Gasteiger partial charge in [0.05, 0.1) is 22.5 Å². The van der Waals surface area contributed by atoms with Crippen LogP contribution < -0.4 is 31.9 Å². The lowest BCUT2D eigenvalue weighted by Gasteiger charge is -2.27. The Hall–Kier alpha value is -7.62. The van der Waals surface area contributed by atoms with Gasteiger partial charge in [0, 0.05) is 57.5 Å². The van der Waals surface area contributed by atoms with E-state index >= 15 is 19.2 Å². The summed E-state index contributed by atoms with van der Waals surface area (Å²) in [4.78, 5) is 89.4. The second-order valence-corrected chi connectivity index (χ2v) is 21.0. The first-order valence-corrected chi connectivity index (χ1v) is 27.1. The molecule has 378 valence electrons. The number of fused-ring (bicyclic) bond motifs is 4. The van der Waals surface area contributed by atoms with Crippen LogP contribution in [0, 0.1) is 0 Å². The highest BCUT2D eigenvalue weighted by atomic mass is 16.1. The monoisotopic (exact) mass is 991 g/mol. The van der Waals surface area contributed by atoms with Crippen molar-refractivity contribution < 1.29 is 19.2 Å². The van der Waals surface area contributed by atoms with E-state index in [4.69, 9.17) is 29.9 Å². The summed E-state index contributed by atoms with van der Waals surface area (Å²) < 4.78 is 0. The van der Waals surface area contributed by atoms with E-state index < -0.39 is 11.6 Å². The fraction of sp³-hybridized carbons (Fsp3) is 0.414. The molecule has 4 saturated carbocycles. The maximum Gasteiger partial charge on any atom is 0.233 e. The topological polar surface area (TPSA) is 218 Å². The number of carbonyl (C=O) groups excluding carboxylic acids is 4. The predicted molar refractivity (Wildman–Crippen MR) is 287 cm³/mol. The Kier molecular flexibility index (Phi) is 13.3. The number of nitrogens with zero attached hydrogens (tertiary/aromatic N) is 6. The highest BCUT2D eigenvalue weighted by Gasteiger charge is 2.39. The van der Waals surface area contributed by atoms with Gasteiger partial charge in [0.1, 0.15) is 0 Å². The van der Waals surface area contributed by atoms with Gasteiger partial charge in [-0.1, -0.05) is 138 Å². The zero-order valence-corrected chi connectivity index (χ0v) is 41.7. The van der Waals surface area contributed by atoms with Crippen molar-refractivity contribution >= 4 is 70.2 Å². The first-order chi connectivity index (χ1) is 36.3. The third-order valence-corrected chi connectivity index (χ3v) is 16.0. The van der Waals surface area contributed by atoms with Gasteiger partial charge in [-0.3, -0.25) is 19.2 Å². The van der Waals surface area contributed by atoms with Crippen molar-refractivity contribution in [3.8, 4) is 11.1 Å². The molecule has 0 bridgehead atoms. The van der Waals surface area contributed by atoms with Gasteiger partial charge in [-0.2, -0.15) is 29.9 Å². The van der Waals surface area contributed by atoms with Crippen LogP contribution in [0.3, 0.4) is 0 Å². The summed E-state index contributed by atoms with van der Waals surface area (Å²) in [5, 5.41) is 21.0. The Balaban J connectivity index is 0.969. The SMILES string of the molecule is O=C1c2ccccc2C(=O)c2c(-c3ccc(Nc4nc(NC5CCCCC5)nc(NC5CCCCC5)n4)c4c3C(=O)c3ccccc3C4=O)ccc(Nc3nc(NC4CCCCC4)nc(NC4CCCCC4)n3)c21.